The van der Waals surface area contributed by atoms with Crippen LogP contribution in [-0.2, 0) is 0 Å². The van der Waals surface area contributed by atoms with Crippen LogP contribution in [0.4, 0.5) is 0 Å². The van der Waals surface area contributed by atoms with Crippen molar-refractivity contribution < 1.29 is 0 Å². The summed E-state index contributed by atoms with van der Waals surface area (Å²) in [5, 5.41) is 0. The summed E-state index contributed by atoms with van der Waals surface area (Å²) in [6.45, 7) is 4.13. The van der Waals surface area contributed by atoms with E-state index in [0.717, 1.165) is 11.6 Å². The van der Waals surface area contributed by atoms with E-state index in [9.17, 15) is 0 Å². The molecule has 0 bridgehead atoms. The second-order valence-corrected chi connectivity index (χ2v) is 5.57. The van der Waals surface area contributed by atoms with Crippen LogP contribution in [0.2, 0.25) is 0 Å². The van der Waals surface area contributed by atoms with Crippen molar-refractivity contribution >= 4 is 5.57 Å². The minimum atomic E-state index is 0.768. The second-order valence-electron chi connectivity index (χ2n) is 5.57. The lowest BCUT2D eigenvalue weighted by Crippen LogP contribution is -1.88. The molecule has 2 aromatic rings. The topological polar surface area (TPSA) is 12.9 Å². The third kappa shape index (κ3) is 3.13. The average molecular weight is 275 g/mol. The summed E-state index contributed by atoms with van der Waals surface area (Å²) in [6, 6.07) is 13.1. The quantitative estimate of drug-likeness (QED) is 0.661. The first kappa shape index (κ1) is 13.8. The van der Waals surface area contributed by atoms with Gasteiger partial charge in [-0.05, 0) is 67.5 Å². The van der Waals surface area contributed by atoms with Gasteiger partial charge in [0, 0.05) is 11.8 Å². The van der Waals surface area contributed by atoms with Crippen LogP contribution >= 0.6 is 0 Å². The Morgan fingerprint density at radius 1 is 1.14 bits per heavy atom. The van der Waals surface area contributed by atoms with Crippen molar-refractivity contribution in [1.29, 1.82) is 0 Å². The molecular weight excluding hydrogens is 254 g/mol. The zero-order valence-corrected chi connectivity index (χ0v) is 12.7. The molecule has 0 spiro atoms. The van der Waals surface area contributed by atoms with Crippen molar-refractivity contribution in [3.63, 3.8) is 0 Å². The van der Waals surface area contributed by atoms with Gasteiger partial charge in [-0.3, -0.25) is 4.98 Å². The summed E-state index contributed by atoms with van der Waals surface area (Å²) in [5.74, 6) is 0.768. The molecule has 1 aliphatic rings. The Labute approximate surface area is 127 Å². The molecule has 0 N–H and O–H groups in total. The highest BCUT2D eigenvalue weighted by Gasteiger charge is 2.23. The van der Waals surface area contributed by atoms with E-state index in [1.165, 1.54) is 35.1 Å². The first-order valence-corrected chi connectivity index (χ1v) is 7.67. The van der Waals surface area contributed by atoms with Crippen molar-refractivity contribution in [1.82, 2.24) is 4.98 Å². The molecule has 0 amide bonds. The highest BCUT2D eigenvalue weighted by molar-refractivity contribution is 5.77. The molecule has 1 aliphatic carbocycles. The molecule has 106 valence electrons. The predicted octanol–water partition coefficient (Wildman–Crippen LogP) is 5.61. The van der Waals surface area contributed by atoms with Crippen LogP contribution in [0.5, 0.6) is 0 Å². The van der Waals surface area contributed by atoms with E-state index in [0.29, 0.717) is 0 Å². The fourth-order valence-electron chi connectivity index (χ4n) is 2.67. The molecule has 1 aromatic heterocycles. The number of benzene rings is 1. The van der Waals surface area contributed by atoms with Crippen molar-refractivity contribution in [2.75, 3.05) is 0 Å². The van der Waals surface area contributed by atoms with Gasteiger partial charge >= 0.3 is 0 Å². The fraction of sp³-hybridized carbons (Fsp3) is 0.250. The van der Waals surface area contributed by atoms with E-state index >= 15 is 0 Å². The van der Waals surface area contributed by atoms with Crippen molar-refractivity contribution in [2.24, 2.45) is 0 Å². The van der Waals surface area contributed by atoms with Gasteiger partial charge in [0.05, 0.1) is 5.69 Å². The predicted molar refractivity (Wildman–Crippen MR) is 90.1 cm³/mol. The largest absolute Gasteiger partial charge is 0.256 e. The molecule has 0 unspecified atom stereocenters. The van der Waals surface area contributed by atoms with Gasteiger partial charge < -0.3 is 0 Å². The molecule has 0 saturated heterocycles. The van der Waals surface area contributed by atoms with Gasteiger partial charge in [-0.25, -0.2) is 0 Å². The monoisotopic (exact) mass is 275 g/mol. The van der Waals surface area contributed by atoms with Gasteiger partial charge in [0.15, 0.2) is 0 Å². The number of rotatable bonds is 4. The standard InChI is InChI=1S/C20H21N/c1-3-6-15(4-2)17-7-5-8-19(13-17)20-14-18(11-12-21-20)16-9-10-16/h3-8,11-14,16H,9-10H2,1-2H3/b6-3-,15-4+. The maximum Gasteiger partial charge on any atom is 0.0705 e. The van der Waals surface area contributed by atoms with Crippen LogP contribution in [-0.4, -0.2) is 4.98 Å². The second kappa shape index (κ2) is 6.09. The third-order valence-electron chi connectivity index (χ3n) is 3.98. The fourth-order valence-corrected chi connectivity index (χ4v) is 2.67. The van der Waals surface area contributed by atoms with Gasteiger partial charge in [0.2, 0.25) is 0 Å². The molecule has 0 aliphatic heterocycles. The molecule has 0 radical (unpaired) electrons. The van der Waals surface area contributed by atoms with E-state index in [1.54, 1.807) is 0 Å². The van der Waals surface area contributed by atoms with E-state index in [1.807, 2.05) is 13.1 Å². The lowest BCUT2D eigenvalue weighted by atomic mass is 10.00. The number of pyridine rings is 1. The normalized spacial score (nSPS) is 15.6. The maximum atomic E-state index is 4.55. The van der Waals surface area contributed by atoms with Gasteiger partial charge in [0.25, 0.3) is 0 Å². The first-order valence-electron chi connectivity index (χ1n) is 7.67. The van der Waals surface area contributed by atoms with Gasteiger partial charge in [-0.1, -0.05) is 36.4 Å². The number of aromatic nitrogens is 1. The minimum Gasteiger partial charge on any atom is -0.256 e. The van der Waals surface area contributed by atoms with Crippen LogP contribution in [0.25, 0.3) is 16.8 Å². The first-order chi connectivity index (χ1) is 10.3. The van der Waals surface area contributed by atoms with Crippen LogP contribution in [0.1, 0.15) is 43.7 Å². The van der Waals surface area contributed by atoms with Crippen molar-refractivity contribution in [2.45, 2.75) is 32.6 Å². The van der Waals surface area contributed by atoms with Crippen LogP contribution in [0.3, 0.4) is 0 Å². The lowest BCUT2D eigenvalue weighted by molar-refractivity contribution is 1.11. The summed E-state index contributed by atoms with van der Waals surface area (Å²) >= 11 is 0. The number of hydrogen-bond donors (Lipinski definition) is 0. The highest BCUT2D eigenvalue weighted by atomic mass is 14.7. The molecule has 1 heteroatoms. The van der Waals surface area contributed by atoms with Gasteiger partial charge in [-0.2, -0.15) is 0 Å². The number of allylic oxidation sites excluding steroid dienone is 4. The highest BCUT2D eigenvalue weighted by Crippen LogP contribution is 2.40. The van der Waals surface area contributed by atoms with Gasteiger partial charge in [-0.15, -0.1) is 0 Å². The molecule has 1 aromatic carbocycles. The van der Waals surface area contributed by atoms with E-state index in [2.05, 4.69) is 66.5 Å². The summed E-state index contributed by atoms with van der Waals surface area (Å²) in [6.07, 6.45) is 11.0. The Balaban J connectivity index is 1.97. The third-order valence-corrected chi connectivity index (χ3v) is 3.98. The zero-order chi connectivity index (χ0) is 14.7. The van der Waals surface area contributed by atoms with Crippen LogP contribution < -0.4 is 0 Å². The molecule has 0 atom stereocenters. The molecule has 21 heavy (non-hydrogen) atoms. The van der Waals surface area contributed by atoms with Crippen molar-refractivity contribution in [3.8, 4) is 11.3 Å². The maximum absolute atomic E-state index is 4.55. The van der Waals surface area contributed by atoms with E-state index < -0.39 is 0 Å². The van der Waals surface area contributed by atoms with E-state index in [-0.39, 0.29) is 0 Å². The Bertz CT molecular complexity index is 690. The molecular formula is C20H21N. The Morgan fingerprint density at radius 3 is 2.71 bits per heavy atom. The minimum absolute atomic E-state index is 0.768. The number of hydrogen-bond acceptors (Lipinski definition) is 1. The van der Waals surface area contributed by atoms with E-state index in [4.69, 9.17) is 0 Å². The molecule has 1 heterocycles. The van der Waals surface area contributed by atoms with Crippen LogP contribution in [0, 0.1) is 0 Å². The summed E-state index contributed by atoms with van der Waals surface area (Å²) in [5.41, 5.74) is 6.20. The molecule has 1 nitrogen and oxygen atoms in total. The summed E-state index contributed by atoms with van der Waals surface area (Å²) in [4.78, 5) is 4.55. The Hall–Kier alpha value is -2.15. The zero-order valence-electron chi connectivity index (χ0n) is 12.7. The van der Waals surface area contributed by atoms with Gasteiger partial charge in [0.1, 0.15) is 0 Å². The SMILES string of the molecule is C/C=C\C(=C/C)c1cccc(-c2cc(C3CC3)ccn2)c1. The smallest absolute Gasteiger partial charge is 0.0705 e. The van der Waals surface area contributed by atoms with Crippen molar-refractivity contribution in [3.05, 3.63) is 72.0 Å². The molecule has 3 rings (SSSR count). The lowest BCUT2D eigenvalue weighted by Gasteiger charge is -2.07. The van der Waals surface area contributed by atoms with Crippen LogP contribution in [0.15, 0.2) is 60.8 Å². The molecule has 1 fully saturated rings. The average Bonchev–Trinajstić information content (AvgIpc) is 3.38. The Kier molecular flexibility index (Phi) is 4.01. The molecule has 1 saturated carbocycles. The summed E-state index contributed by atoms with van der Waals surface area (Å²) in [7, 11) is 0. The Morgan fingerprint density at radius 2 is 2.00 bits per heavy atom. The number of nitrogens with zero attached hydrogens (tertiary/aromatic N) is 1. The summed E-state index contributed by atoms with van der Waals surface area (Å²) < 4.78 is 0.